The molecule has 0 aliphatic carbocycles. The number of rotatable bonds is 6. The van der Waals surface area contributed by atoms with Crippen molar-refractivity contribution in [3.05, 3.63) is 35.9 Å². The van der Waals surface area contributed by atoms with Crippen molar-refractivity contribution in [3.8, 4) is 0 Å². The van der Waals surface area contributed by atoms with E-state index in [1.165, 1.54) is 5.56 Å². The highest BCUT2D eigenvalue weighted by Crippen LogP contribution is 2.22. The Labute approximate surface area is 115 Å². The molecular weight excluding hydrogens is 238 g/mol. The molecule has 1 fully saturated rings. The van der Waals surface area contributed by atoms with E-state index in [-0.39, 0.29) is 12.5 Å². The van der Waals surface area contributed by atoms with E-state index >= 15 is 0 Å². The summed E-state index contributed by atoms with van der Waals surface area (Å²) >= 11 is 0. The summed E-state index contributed by atoms with van der Waals surface area (Å²) < 4.78 is 0. The van der Waals surface area contributed by atoms with Crippen LogP contribution in [0, 0.1) is 0 Å². The first-order chi connectivity index (χ1) is 9.31. The van der Waals surface area contributed by atoms with Crippen molar-refractivity contribution < 1.29 is 9.90 Å². The van der Waals surface area contributed by atoms with Crippen LogP contribution in [0.25, 0.3) is 0 Å². The van der Waals surface area contributed by atoms with Crippen molar-refractivity contribution in [3.63, 3.8) is 0 Å². The average molecular weight is 261 g/mol. The van der Waals surface area contributed by atoms with Gasteiger partial charge in [0, 0.05) is 25.6 Å². The van der Waals surface area contributed by atoms with Crippen LogP contribution in [0.4, 0.5) is 0 Å². The number of carbonyl (C=O) groups excluding carboxylic acids is 1. The van der Waals surface area contributed by atoms with Crippen molar-refractivity contribution in [1.29, 1.82) is 0 Å². The standard InChI is InChI=1S/C16H23NO2/c18-13-5-9-15-8-4-12-17(15)16(19)11-10-14-6-2-1-3-7-14/h1-3,6-7,15,18H,4-5,8-13H2. The third kappa shape index (κ3) is 4.06. The fourth-order valence-corrected chi connectivity index (χ4v) is 2.83. The van der Waals surface area contributed by atoms with Gasteiger partial charge in [0.1, 0.15) is 0 Å². The molecule has 0 saturated carbocycles. The Morgan fingerprint density at radius 2 is 2.11 bits per heavy atom. The summed E-state index contributed by atoms with van der Waals surface area (Å²) in [5, 5.41) is 8.90. The normalized spacial score (nSPS) is 18.8. The number of likely N-dealkylation sites (tertiary alicyclic amines) is 1. The molecule has 3 nitrogen and oxygen atoms in total. The van der Waals surface area contributed by atoms with E-state index in [9.17, 15) is 4.79 Å². The van der Waals surface area contributed by atoms with E-state index in [0.29, 0.717) is 12.5 Å². The third-order valence-electron chi connectivity index (χ3n) is 3.86. The highest BCUT2D eigenvalue weighted by Gasteiger charge is 2.27. The number of amides is 1. The molecule has 0 spiro atoms. The second-order valence-corrected chi connectivity index (χ2v) is 5.23. The summed E-state index contributed by atoms with van der Waals surface area (Å²) in [7, 11) is 0. The van der Waals surface area contributed by atoms with Crippen LogP contribution in [0.15, 0.2) is 30.3 Å². The lowest BCUT2D eigenvalue weighted by molar-refractivity contribution is -0.132. The van der Waals surface area contributed by atoms with Gasteiger partial charge in [0.15, 0.2) is 0 Å². The molecule has 1 heterocycles. The monoisotopic (exact) mass is 261 g/mol. The number of aryl methyl sites for hydroxylation is 1. The molecule has 1 amide bonds. The van der Waals surface area contributed by atoms with Gasteiger partial charge in [-0.25, -0.2) is 0 Å². The van der Waals surface area contributed by atoms with Gasteiger partial charge in [-0.15, -0.1) is 0 Å². The Kier molecular flexibility index (Phi) is 5.40. The highest BCUT2D eigenvalue weighted by atomic mass is 16.3. The Morgan fingerprint density at radius 3 is 2.84 bits per heavy atom. The fraction of sp³-hybridized carbons (Fsp3) is 0.562. The molecule has 0 bridgehead atoms. The molecule has 0 radical (unpaired) electrons. The van der Waals surface area contributed by atoms with Crippen molar-refractivity contribution in [2.75, 3.05) is 13.2 Å². The molecule has 1 aliphatic rings. The van der Waals surface area contributed by atoms with Gasteiger partial charge in [-0.2, -0.15) is 0 Å². The molecule has 19 heavy (non-hydrogen) atoms. The minimum absolute atomic E-state index is 0.225. The van der Waals surface area contributed by atoms with Gasteiger partial charge >= 0.3 is 0 Å². The molecule has 1 unspecified atom stereocenters. The van der Waals surface area contributed by atoms with Crippen LogP contribution < -0.4 is 0 Å². The summed E-state index contributed by atoms with van der Waals surface area (Å²) in [6.07, 6.45) is 5.35. The maximum Gasteiger partial charge on any atom is 0.223 e. The van der Waals surface area contributed by atoms with Crippen LogP contribution in [0.2, 0.25) is 0 Å². The quantitative estimate of drug-likeness (QED) is 0.854. The first-order valence-electron chi connectivity index (χ1n) is 7.25. The van der Waals surface area contributed by atoms with Gasteiger partial charge in [0.2, 0.25) is 5.91 Å². The summed E-state index contributed by atoms with van der Waals surface area (Å²) in [6.45, 7) is 1.12. The molecule has 0 aromatic heterocycles. The molecule has 1 N–H and O–H groups in total. The smallest absolute Gasteiger partial charge is 0.223 e. The number of aliphatic hydroxyl groups is 1. The first-order valence-corrected chi connectivity index (χ1v) is 7.25. The second kappa shape index (κ2) is 7.29. The minimum Gasteiger partial charge on any atom is -0.396 e. The maximum atomic E-state index is 12.3. The van der Waals surface area contributed by atoms with Crippen molar-refractivity contribution in [2.24, 2.45) is 0 Å². The Balaban J connectivity index is 1.82. The first kappa shape index (κ1) is 14.1. The molecule has 1 aromatic carbocycles. The van der Waals surface area contributed by atoms with Crippen molar-refractivity contribution in [2.45, 2.75) is 44.6 Å². The van der Waals surface area contributed by atoms with E-state index in [1.54, 1.807) is 0 Å². The molecule has 104 valence electrons. The predicted molar refractivity (Wildman–Crippen MR) is 75.8 cm³/mol. The SMILES string of the molecule is O=C(CCc1ccccc1)N1CCCC1CCCO. The van der Waals surface area contributed by atoms with Crippen molar-refractivity contribution in [1.82, 2.24) is 4.90 Å². The summed E-state index contributed by atoms with van der Waals surface area (Å²) in [5.41, 5.74) is 1.22. The zero-order chi connectivity index (χ0) is 13.5. The van der Waals surface area contributed by atoms with Crippen LogP contribution in [0.3, 0.4) is 0 Å². The summed E-state index contributed by atoms with van der Waals surface area (Å²) in [5.74, 6) is 0.268. The predicted octanol–water partition coefficient (Wildman–Crippen LogP) is 2.38. The average Bonchev–Trinajstić information content (AvgIpc) is 2.92. The van der Waals surface area contributed by atoms with Gasteiger partial charge in [0.05, 0.1) is 0 Å². The zero-order valence-electron chi connectivity index (χ0n) is 11.4. The lowest BCUT2D eigenvalue weighted by atomic mass is 10.1. The topological polar surface area (TPSA) is 40.5 Å². The van der Waals surface area contributed by atoms with Crippen LogP contribution in [-0.2, 0) is 11.2 Å². The Hall–Kier alpha value is -1.35. The van der Waals surface area contributed by atoms with Gasteiger partial charge in [-0.05, 0) is 37.7 Å². The van der Waals surface area contributed by atoms with Crippen LogP contribution in [0.5, 0.6) is 0 Å². The molecule has 1 atom stereocenters. The number of carbonyl (C=O) groups is 1. The molecule has 1 aromatic rings. The zero-order valence-corrected chi connectivity index (χ0v) is 11.4. The van der Waals surface area contributed by atoms with Crippen LogP contribution in [-0.4, -0.2) is 35.1 Å². The minimum atomic E-state index is 0.225. The number of nitrogens with zero attached hydrogens (tertiary/aromatic N) is 1. The molecular formula is C16H23NO2. The van der Waals surface area contributed by atoms with Gasteiger partial charge in [-0.1, -0.05) is 30.3 Å². The Bertz CT molecular complexity index is 391. The van der Waals surface area contributed by atoms with E-state index in [1.807, 2.05) is 23.1 Å². The summed E-state index contributed by atoms with van der Waals surface area (Å²) in [6, 6.07) is 10.5. The number of aliphatic hydroxyl groups excluding tert-OH is 1. The van der Waals surface area contributed by atoms with Gasteiger partial charge in [0.25, 0.3) is 0 Å². The lowest BCUT2D eigenvalue weighted by Gasteiger charge is -2.24. The molecule has 1 aliphatic heterocycles. The third-order valence-corrected chi connectivity index (χ3v) is 3.86. The Morgan fingerprint density at radius 1 is 1.32 bits per heavy atom. The second-order valence-electron chi connectivity index (χ2n) is 5.23. The highest BCUT2D eigenvalue weighted by molar-refractivity contribution is 5.77. The van der Waals surface area contributed by atoms with Crippen molar-refractivity contribution >= 4 is 5.91 Å². The maximum absolute atomic E-state index is 12.3. The van der Waals surface area contributed by atoms with Crippen LogP contribution in [0.1, 0.15) is 37.7 Å². The number of benzene rings is 1. The van der Waals surface area contributed by atoms with E-state index in [2.05, 4.69) is 12.1 Å². The van der Waals surface area contributed by atoms with Gasteiger partial charge in [-0.3, -0.25) is 4.79 Å². The number of hydrogen-bond acceptors (Lipinski definition) is 2. The number of hydrogen-bond donors (Lipinski definition) is 1. The largest absolute Gasteiger partial charge is 0.396 e. The fourth-order valence-electron chi connectivity index (χ4n) is 2.83. The van der Waals surface area contributed by atoms with E-state index < -0.39 is 0 Å². The lowest BCUT2D eigenvalue weighted by Crippen LogP contribution is -2.35. The van der Waals surface area contributed by atoms with E-state index in [0.717, 1.165) is 38.6 Å². The van der Waals surface area contributed by atoms with Crippen LogP contribution >= 0.6 is 0 Å². The molecule has 1 saturated heterocycles. The van der Waals surface area contributed by atoms with E-state index in [4.69, 9.17) is 5.11 Å². The molecule has 2 rings (SSSR count). The summed E-state index contributed by atoms with van der Waals surface area (Å²) in [4.78, 5) is 14.3. The van der Waals surface area contributed by atoms with Gasteiger partial charge < -0.3 is 10.0 Å². The molecule has 3 heteroatoms.